The number of ether oxygens (including phenoxy) is 1. The summed E-state index contributed by atoms with van der Waals surface area (Å²) in [4.78, 5) is 30.6. The zero-order valence-electron chi connectivity index (χ0n) is 19.1. The average molecular weight is 459 g/mol. The van der Waals surface area contributed by atoms with E-state index in [1.54, 1.807) is 41.2 Å². The lowest BCUT2D eigenvalue weighted by Crippen LogP contribution is -2.23. The van der Waals surface area contributed by atoms with Gasteiger partial charge < -0.3 is 19.4 Å². The molecule has 34 heavy (non-hydrogen) atoms. The largest absolute Gasteiger partial charge is 0.489 e. The van der Waals surface area contributed by atoms with E-state index in [-0.39, 0.29) is 5.91 Å². The van der Waals surface area contributed by atoms with Gasteiger partial charge in [-0.05, 0) is 62.1 Å². The Bertz CT molecular complexity index is 1340. The summed E-state index contributed by atoms with van der Waals surface area (Å²) < 4.78 is 12.6. The first-order chi connectivity index (χ1) is 16.5. The monoisotopic (exact) mass is 458 g/mol. The van der Waals surface area contributed by atoms with Crippen molar-refractivity contribution < 1.29 is 13.9 Å². The van der Waals surface area contributed by atoms with E-state index in [2.05, 4.69) is 10.3 Å². The van der Waals surface area contributed by atoms with E-state index >= 15 is 0 Å². The highest BCUT2D eigenvalue weighted by atomic mass is 16.5. The number of nitrogens with one attached hydrogen (secondary N) is 1. The summed E-state index contributed by atoms with van der Waals surface area (Å²) in [5, 5.41) is 2.83. The van der Waals surface area contributed by atoms with Gasteiger partial charge in [0.05, 0.1) is 5.52 Å². The molecule has 174 valence electrons. The number of rotatable bonds is 9. The van der Waals surface area contributed by atoms with Crippen molar-refractivity contribution in [1.29, 1.82) is 0 Å². The Balaban J connectivity index is 1.36. The lowest BCUT2D eigenvalue weighted by molar-refractivity contribution is -0.111. The van der Waals surface area contributed by atoms with Gasteiger partial charge in [-0.3, -0.25) is 14.3 Å². The van der Waals surface area contributed by atoms with Gasteiger partial charge in [0.15, 0.2) is 5.58 Å². The number of hydrogen-bond acceptors (Lipinski definition) is 6. The molecule has 2 aromatic heterocycles. The van der Waals surface area contributed by atoms with Crippen LogP contribution in [0.5, 0.6) is 5.75 Å². The quantitative estimate of drug-likeness (QED) is 0.384. The summed E-state index contributed by atoms with van der Waals surface area (Å²) >= 11 is 0. The minimum absolute atomic E-state index is 0.276. The van der Waals surface area contributed by atoms with Crippen molar-refractivity contribution in [3.63, 3.8) is 0 Å². The molecular weight excluding hydrogens is 432 g/mol. The van der Waals surface area contributed by atoms with Crippen LogP contribution in [0, 0.1) is 0 Å². The summed E-state index contributed by atoms with van der Waals surface area (Å²) in [6.45, 7) is 1.63. The van der Waals surface area contributed by atoms with Gasteiger partial charge in [0.2, 0.25) is 5.91 Å². The summed E-state index contributed by atoms with van der Waals surface area (Å²) in [5.74, 6) is 0.0502. The molecular formula is C26H26N4O4. The highest BCUT2D eigenvalue weighted by Crippen LogP contribution is 2.19. The molecule has 0 aliphatic heterocycles. The van der Waals surface area contributed by atoms with Crippen LogP contribution >= 0.6 is 0 Å². The van der Waals surface area contributed by atoms with E-state index in [0.29, 0.717) is 36.5 Å². The Labute approximate surface area is 197 Å². The van der Waals surface area contributed by atoms with Gasteiger partial charge in [0.1, 0.15) is 12.4 Å². The van der Waals surface area contributed by atoms with Crippen LogP contribution in [0.1, 0.15) is 11.1 Å². The van der Waals surface area contributed by atoms with Gasteiger partial charge in [-0.25, -0.2) is 4.79 Å². The zero-order chi connectivity index (χ0) is 23.9. The molecule has 4 aromatic rings. The number of oxazole rings is 1. The first-order valence-corrected chi connectivity index (χ1v) is 10.9. The Hall–Kier alpha value is -4.17. The average Bonchev–Trinajstić information content (AvgIpc) is 3.15. The molecule has 8 nitrogen and oxygen atoms in total. The third-order valence-electron chi connectivity index (χ3n) is 5.14. The van der Waals surface area contributed by atoms with Crippen LogP contribution in [0.4, 0.5) is 5.69 Å². The number of fused-ring (bicyclic) bond motifs is 1. The molecule has 0 aliphatic carbocycles. The second-order valence-corrected chi connectivity index (χ2v) is 8.05. The van der Waals surface area contributed by atoms with Crippen LogP contribution in [0.15, 0.2) is 82.3 Å². The van der Waals surface area contributed by atoms with Gasteiger partial charge in [0.25, 0.3) is 0 Å². The van der Waals surface area contributed by atoms with E-state index < -0.39 is 5.76 Å². The third kappa shape index (κ3) is 5.99. The number of hydrogen-bond donors (Lipinski definition) is 1. The molecule has 2 heterocycles. The first-order valence-electron chi connectivity index (χ1n) is 10.9. The SMILES string of the molecule is CN(C)CCn1c(=O)oc2ccc(NC(=O)/C=C/c3ccc(OCc4cccnc4)cc3)cc21. The van der Waals surface area contributed by atoms with Crippen LogP contribution in [-0.2, 0) is 17.9 Å². The van der Waals surface area contributed by atoms with Crippen molar-refractivity contribution >= 4 is 28.8 Å². The standard InChI is InChI=1S/C26H26N4O4/c1-29(2)14-15-30-23-16-21(8-11-24(23)34-26(30)32)28-25(31)12-7-19-5-9-22(10-6-19)33-18-20-4-3-13-27-17-20/h3-13,16-17H,14-15,18H2,1-2H3,(H,28,31)/b12-7+. The van der Waals surface area contributed by atoms with Crippen LogP contribution < -0.4 is 15.8 Å². The topological polar surface area (TPSA) is 89.6 Å². The number of carbonyl (C=O) groups excluding carboxylic acids is 1. The zero-order valence-corrected chi connectivity index (χ0v) is 19.1. The smallest absolute Gasteiger partial charge is 0.419 e. The lowest BCUT2D eigenvalue weighted by atomic mass is 10.2. The summed E-state index contributed by atoms with van der Waals surface area (Å²) in [5.41, 5.74) is 3.58. The van der Waals surface area contributed by atoms with E-state index in [1.807, 2.05) is 55.4 Å². The van der Waals surface area contributed by atoms with Gasteiger partial charge in [-0.15, -0.1) is 0 Å². The lowest BCUT2D eigenvalue weighted by Gasteiger charge is -2.09. The Kier molecular flexibility index (Phi) is 7.19. The number of carbonyl (C=O) groups is 1. The number of aromatic nitrogens is 2. The van der Waals surface area contributed by atoms with E-state index in [9.17, 15) is 9.59 Å². The molecule has 8 heteroatoms. The van der Waals surface area contributed by atoms with Gasteiger partial charge in [-0.1, -0.05) is 18.2 Å². The number of pyridine rings is 1. The van der Waals surface area contributed by atoms with Gasteiger partial charge in [0, 0.05) is 42.8 Å². The maximum Gasteiger partial charge on any atom is 0.419 e. The molecule has 0 spiro atoms. The highest BCUT2D eigenvalue weighted by Gasteiger charge is 2.11. The van der Waals surface area contributed by atoms with E-state index in [1.165, 1.54) is 6.08 Å². The number of benzene rings is 2. The molecule has 0 saturated carbocycles. The van der Waals surface area contributed by atoms with E-state index in [4.69, 9.17) is 9.15 Å². The second-order valence-electron chi connectivity index (χ2n) is 8.05. The van der Waals surface area contributed by atoms with Gasteiger partial charge in [-0.2, -0.15) is 0 Å². The molecule has 0 radical (unpaired) electrons. The Morgan fingerprint density at radius 2 is 2.00 bits per heavy atom. The first kappa shape index (κ1) is 23.0. The fraction of sp³-hybridized carbons (Fsp3) is 0.192. The minimum atomic E-state index is -0.409. The fourth-order valence-corrected chi connectivity index (χ4v) is 3.33. The van der Waals surface area contributed by atoms with Crippen LogP contribution in [-0.4, -0.2) is 41.0 Å². The second kappa shape index (κ2) is 10.6. The predicted molar refractivity (Wildman–Crippen MR) is 132 cm³/mol. The molecule has 4 rings (SSSR count). The number of nitrogens with zero attached hydrogens (tertiary/aromatic N) is 3. The highest BCUT2D eigenvalue weighted by molar-refractivity contribution is 6.02. The van der Waals surface area contributed by atoms with Crippen molar-refractivity contribution in [1.82, 2.24) is 14.5 Å². The molecule has 0 aliphatic rings. The Morgan fingerprint density at radius 3 is 2.74 bits per heavy atom. The molecule has 0 atom stereocenters. The molecule has 1 N–H and O–H groups in total. The van der Waals surface area contributed by atoms with E-state index in [0.717, 1.165) is 16.9 Å². The predicted octanol–water partition coefficient (Wildman–Crippen LogP) is 3.78. The van der Waals surface area contributed by atoms with Crippen molar-refractivity contribution in [3.8, 4) is 5.75 Å². The maximum absolute atomic E-state index is 12.4. The molecule has 1 amide bonds. The fourth-order valence-electron chi connectivity index (χ4n) is 3.33. The molecule has 0 fully saturated rings. The summed E-state index contributed by atoms with van der Waals surface area (Å²) in [7, 11) is 3.88. The number of anilines is 1. The summed E-state index contributed by atoms with van der Waals surface area (Å²) in [6, 6.07) is 16.4. The number of amides is 1. The molecule has 0 unspecified atom stereocenters. The van der Waals surface area contributed by atoms with Crippen LogP contribution in [0.2, 0.25) is 0 Å². The van der Waals surface area contributed by atoms with Crippen LogP contribution in [0.3, 0.4) is 0 Å². The van der Waals surface area contributed by atoms with Gasteiger partial charge >= 0.3 is 5.76 Å². The maximum atomic E-state index is 12.4. The van der Waals surface area contributed by atoms with Crippen molar-refractivity contribution in [2.45, 2.75) is 13.2 Å². The van der Waals surface area contributed by atoms with Crippen molar-refractivity contribution in [2.24, 2.45) is 0 Å². The number of likely N-dealkylation sites (N-methyl/N-ethyl adjacent to an activating group) is 1. The van der Waals surface area contributed by atoms with Crippen LogP contribution in [0.25, 0.3) is 17.2 Å². The third-order valence-corrected chi connectivity index (χ3v) is 5.14. The normalized spacial score (nSPS) is 11.4. The van der Waals surface area contributed by atoms with Crippen molar-refractivity contribution in [3.05, 3.63) is 94.7 Å². The molecule has 0 saturated heterocycles. The minimum Gasteiger partial charge on any atom is -0.489 e. The molecule has 0 bridgehead atoms. The summed E-state index contributed by atoms with van der Waals surface area (Å²) in [6.07, 6.45) is 6.68. The molecule has 2 aromatic carbocycles. The van der Waals surface area contributed by atoms with Crippen molar-refractivity contribution in [2.75, 3.05) is 26.0 Å². The Morgan fingerprint density at radius 1 is 1.18 bits per heavy atom.